The van der Waals surface area contributed by atoms with Crippen molar-refractivity contribution in [1.82, 2.24) is 4.98 Å². The van der Waals surface area contributed by atoms with Gasteiger partial charge in [0.1, 0.15) is 5.75 Å². The summed E-state index contributed by atoms with van der Waals surface area (Å²) in [4.78, 5) is 23.3. The first-order valence-corrected chi connectivity index (χ1v) is 4.62. The minimum atomic E-state index is -5.24. The molecule has 0 amide bonds. The molecule has 0 bridgehead atoms. The van der Waals surface area contributed by atoms with E-state index in [9.17, 15) is 31.5 Å². The summed E-state index contributed by atoms with van der Waals surface area (Å²) in [5.74, 6) is -2.86. The second-order valence-electron chi connectivity index (χ2n) is 3.32. The number of carboxylic acid groups (broad SMARTS) is 1. The summed E-state index contributed by atoms with van der Waals surface area (Å²) >= 11 is 0. The summed E-state index contributed by atoms with van der Waals surface area (Å²) in [7, 11) is 0. The fourth-order valence-electron chi connectivity index (χ4n) is 1.23. The average molecular weight is 287 g/mol. The Kier molecular flexibility index (Phi) is 4.12. The molecular formula is C9H6F5NO4. The molecule has 1 rings (SSSR count). The number of aromatic amines is 1. The molecule has 0 unspecified atom stereocenters. The number of halogens is 5. The molecule has 19 heavy (non-hydrogen) atoms. The zero-order chi connectivity index (χ0) is 14.8. The molecule has 1 aromatic heterocycles. The number of ether oxygens (including phenoxy) is 1. The van der Waals surface area contributed by atoms with Crippen molar-refractivity contribution in [3.8, 4) is 5.75 Å². The number of alkyl halides is 5. The van der Waals surface area contributed by atoms with Crippen molar-refractivity contribution in [2.24, 2.45) is 0 Å². The molecule has 0 fully saturated rings. The molecule has 106 valence electrons. The first-order valence-electron chi connectivity index (χ1n) is 4.62. The molecule has 10 heteroatoms. The number of rotatable bonds is 4. The van der Waals surface area contributed by atoms with Gasteiger partial charge in [0.05, 0.1) is 17.7 Å². The SMILES string of the molecule is O=C(O)Cc1c(OC(F)(F)F)cc(C(F)F)[nH]c1=O. The lowest BCUT2D eigenvalue weighted by Gasteiger charge is -2.13. The van der Waals surface area contributed by atoms with Crippen molar-refractivity contribution in [3.63, 3.8) is 0 Å². The molecule has 5 nitrogen and oxygen atoms in total. The van der Waals surface area contributed by atoms with Crippen LogP contribution in [0.2, 0.25) is 0 Å². The van der Waals surface area contributed by atoms with Crippen LogP contribution in [0.3, 0.4) is 0 Å². The minimum absolute atomic E-state index is 0.248. The van der Waals surface area contributed by atoms with Crippen molar-refractivity contribution < 1.29 is 36.6 Å². The van der Waals surface area contributed by atoms with Gasteiger partial charge in [-0.3, -0.25) is 9.59 Å². The van der Waals surface area contributed by atoms with Gasteiger partial charge in [0.2, 0.25) is 0 Å². The maximum Gasteiger partial charge on any atom is 0.573 e. The second-order valence-corrected chi connectivity index (χ2v) is 3.32. The van der Waals surface area contributed by atoms with Crippen LogP contribution in [-0.4, -0.2) is 22.4 Å². The summed E-state index contributed by atoms with van der Waals surface area (Å²) in [6.45, 7) is 0. The Morgan fingerprint density at radius 1 is 1.42 bits per heavy atom. The van der Waals surface area contributed by atoms with Gasteiger partial charge in [0.25, 0.3) is 12.0 Å². The Balaban J connectivity index is 3.35. The van der Waals surface area contributed by atoms with Crippen LogP contribution in [-0.2, 0) is 11.2 Å². The van der Waals surface area contributed by atoms with Crippen LogP contribution in [0, 0.1) is 0 Å². The summed E-state index contributed by atoms with van der Waals surface area (Å²) in [5, 5.41) is 8.45. The lowest BCUT2D eigenvalue weighted by molar-refractivity contribution is -0.275. The van der Waals surface area contributed by atoms with Gasteiger partial charge >= 0.3 is 12.3 Å². The van der Waals surface area contributed by atoms with E-state index in [4.69, 9.17) is 5.11 Å². The molecule has 0 aromatic carbocycles. The molecule has 0 saturated carbocycles. The van der Waals surface area contributed by atoms with E-state index in [1.165, 1.54) is 0 Å². The number of nitrogens with one attached hydrogen (secondary N) is 1. The highest BCUT2D eigenvalue weighted by Crippen LogP contribution is 2.28. The standard InChI is InChI=1S/C9H6F5NO4/c10-7(11)4-2-5(19-9(12,13)14)3(1-6(16)17)8(18)15-4/h2,7H,1H2,(H,15,18)(H,16,17). The Morgan fingerprint density at radius 3 is 2.42 bits per heavy atom. The number of carboxylic acids is 1. The number of aromatic nitrogens is 1. The van der Waals surface area contributed by atoms with E-state index in [1.54, 1.807) is 4.98 Å². The summed E-state index contributed by atoms with van der Waals surface area (Å²) in [6, 6.07) is 0.248. The van der Waals surface area contributed by atoms with Crippen molar-refractivity contribution in [2.45, 2.75) is 19.2 Å². The maximum atomic E-state index is 12.3. The van der Waals surface area contributed by atoms with E-state index in [1.807, 2.05) is 0 Å². The molecule has 0 spiro atoms. The van der Waals surface area contributed by atoms with Gasteiger partial charge in [-0.05, 0) is 0 Å². The van der Waals surface area contributed by atoms with Gasteiger partial charge in [0.15, 0.2) is 0 Å². The molecule has 0 aliphatic heterocycles. The van der Waals surface area contributed by atoms with E-state index < -0.39 is 47.7 Å². The van der Waals surface area contributed by atoms with Gasteiger partial charge in [-0.15, -0.1) is 13.2 Å². The highest BCUT2D eigenvalue weighted by molar-refractivity contribution is 5.71. The molecule has 0 atom stereocenters. The van der Waals surface area contributed by atoms with Crippen molar-refractivity contribution >= 4 is 5.97 Å². The van der Waals surface area contributed by atoms with Gasteiger partial charge in [-0.1, -0.05) is 0 Å². The van der Waals surface area contributed by atoms with Crippen molar-refractivity contribution in [2.75, 3.05) is 0 Å². The molecule has 2 N–H and O–H groups in total. The molecule has 0 aliphatic carbocycles. The van der Waals surface area contributed by atoms with Crippen molar-refractivity contribution in [1.29, 1.82) is 0 Å². The molecule has 1 aromatic rings. The van der Waals surface area contributed by atoms with Crippen LogP contribution in [0.15, 0.2) is 10.9 Å². The largest absolute Gasteiger partial charge is 0.573 e. The predicted molar refractivity (Wildman–Crippen MR) is 50.0 cm³/mol. The van der Waals surface area contributed by atoms with E-state index in [-0.39, 0.29) is 6.07 Å². The normalized spacial score (nSPS) is 11.7. The number of hydrogen-bond acceptors (Lipinski definition) is 3. The summed E-state index contributed by atoms with van der Waals surface area (Å²) < 4.78 is 64.2. The number of H-pyrrole nitrogens is 1. The fraction of sp³-hybridized carbons (Fsp3) is 0.333. The quantitative estimate of drug-likeness (QED) is 0.828. The van der Waals surface area contributed by atoms with Gasteiger partial charge in [-0.2, -0.15) is 0 Å². The Hall–Kier alpha value is -2.13. The molecule has 1 heterocycles. The third kappa shape index (κ3) is 4.23. The molecule has 0 aliphatic rings. The lowest BCUT2D eigenvalue weighted by atomic mass is 10.1. The highest BCUT2D eigenvalue weighted by atomic mass is 19.4. The van der Waals surface area contributed by atoms with Crippen LogP contribution in [0.4, 0.5) is 22.0 Å². The fourth-order valence-corrected chi connectivity index (χ4v) is 1.23. The summed E-state index contributed by atoms with van der Waals surface area (Å²) in [5.41, 5.74) is -3.37. The topological polar surface area (TPSA) is 79.4 Å². The first kappa shape index (κ1) is 14.9. The molecule has 0 saturated heterocycles. The van der Waals surface area contributed by atoms with Crippen LogP contribution >= 0.6 is 0 Å². The van der Waals surface area contributed by atoms with Gasteiger partial charge < -0.3 is 14.8 Å². The van der Waals surface area contributed by atoms with Crippen LogP contribution in [0.1, 0.15) is 17.7 Å². The van der Waals surface area contributed by atoms with Crippen LogP contribution in [0.25, 0.3) is 0 Å². The number of hydrogen-bond donors (Lipinski definition) is 2. The first-order chi connectivity index (χ1) is 8.60. The van der Waals surface area contributed by atoms with E-state index in [0.717, 1.165) is 0 Å². The van der Waals surface area contributed by atoms with E-state index in [0.29, 0.717) is 0 Å². The van der Waals surface area contributed by atoms with Crippen molar-refractivity contribution in [3.05, 3.63) is 27.7 Å². The smallest absolute Gasteiger partial charge is 0.481 e. The average Bonchev–Trinajstić information content (AvgIpc) is 2.19. The predicted octanol–water partition coefficient (Wildman–Crippen LogP) is 1.84. The Morgan fingerprint density at radius 2 is 2.00 bits per heavy atom. The maximum absolute atomic E-state index is 12.3. The van der Waals surface area contributed by atoms with E-state index in [2.05, 4.69) is 4.74 Å². The third-order valence-corrected chi connectivity index (χ3v) is 1.90. The molecule has 0 radical (unpaired) electrons. The molecular weight excluding hydrogens is 281 g/mol. The van der Waals surface area contributed by atoms with Gasteiger partial charge in [-0.25, -0.2) is 8.78 Å². The zero-order valence-electron chi connectivity index (χ0n) is 8.92. The van der Waals surface area contributed by atoms with Gasteiger partial charge in [0, 0.05) is 6.07 Å². The highest BCUT2D eigenvalue weighted by Gasteiger charge is 2.33. The minimum Gasteiger partial charge on any atom is -0.481 e. The Bertz CT molecular complexity index is 536. The number of pyridine rings is 1. The third-order valence-electron chi connectivity index (χ3n) is 1.90. The lowest BCUT2D eigenvalue weighted by Crippen LogP contribution is -2.24. The zero-order valence-corrected chi connectivity index (χ0v) is 8.92. The van der Waals surface area contributed by atoms with Crippen LogP contribution in [0.5, 0.6) is 5.75 Å². The second kappa shape index (κ2) is 5.24. The summed E-state index contributed by atoms with van der Waals surface area (Å²) in [6.07, 6.45) is -9.56. The van der Waals surface area contributed by atoms with E-state index >= 15 is 0 Å². The monoisotopic (exact) mass is 287 g/mol. The Labute approximate surface area is 101 Å². The van der Waals surface area contributed by atoms with Crippen LogP contribution < -0.4 is 10.3 Å². The number of carbonyl (C=O) groups is 1. The number of aliphatic carboxylic acids is 1.